The van der Waals surface area contributed by atoms with E-state index in [1.54, 1.807) is 0 Å². The van der Waals surface area contributed by atoms with Crippen LogP contribution in [0.25, 0.3) is 0 Å². The highest BCUT2D eigenvalue weighted by molar-refractivity contribution is 5.88. The number of hydrogen-bond donors (Lipinski definition) is 1. The van der Waals surface area contributed by atoms with E-state index in [0.717, 1.165) is 30.2 Å². The van der Waals surface area contributed by atoms with Crippen LogP contribution in [-0.4, -0.2) is 53.2 Å². The summed E-state index contributed by atoms with van der Waals surface area (Å²) in [6.45, 7) is 3.53. The van der Waals surface area contributed by atoms with E-state index in [-0.39, 0.29) is 5.91 Å². The van der Waals surface area contributed by atoms with Crippen molar-refractivity contribution in [3.8, 4) is 11.8 Å². The molecular weight excluding hydrogens is 338 g/mol. The standard InChI is InChI=1S/C21H23N5O/c1-15(27)22-17-6-3-16(4-7-17)5-8-18-9-12-21(24-23-18)26-13-19-10-11-20(14-26)25(19)2/h3-4,6-7,9,12,19-20H,10-11,13-14H2,1-2H3,(H,22,27). The van der Waals surface area contributed by atoms with Crippen LogP contribution in [0.3, 0.4) is 0 Å². The van der Waals surface area contributed by atoms with Crippen molar-refractivity contribution in [1.82, 2.24) is 15.1 Å². The van der Waals surface area contributed by atoms with Crippen molar-refractivity contribution in [2.24, 2.45) is 0 Å². The molecule has 6 nitrogen and oxygen atoms in total. The normalized spacial score (nSPS) is 21.5. The van der Waals surface area contributed by atoms with E-state index in [1.165, 1.54) is 19.8 Å². The fourth-order valence-electron chi connectivity index (χ4n) is 3.84. The van der Waals surface area contributed by atoms with E-state index in [2.05, 4.69) is 44.2 Å². The Balaban J connectivity index is 1.41. The summed E-state index contributed by atoms with van der Waals surface area (Å²) in [7, 11) is 2.23. The van der Waals surface area contributed by atoms with E-state index in [9.17, 15) is 4.79 Å². The molecule has 2 fully saturated rings. The summed E-state index contributed by atoms with van der Waals surface area (Å²) < 4.78 is 0. The number of aromatic nitrogens is 2. The Kier molecular flexibility index (Phi) is 4.78. The van der Waals surface area contributed by atoms with Crippen LogP contribution in [0.4, 0.5) is 11.5 Å². The first-order valence-corrected chi connectivity index (χ1v) is 9.29. The van der Waals surface area contributed by atoms with Gasteiger partial charge in [0.25, 0.3) is 0 Å². The van der Waals surface area contributed by atoms with E-state index in [1.807, 2.05) is 36.4 Å². The van der Waals surface area contributed by atoms with Crippen molar-refractivity contribution in [2.75, 3.05) is 30.4 Å². The number of benzene rings is 1. The van der Waals surface area contributed by atoms with E-state index < -0.39 is 0 Å². The quantitative estimate of drug-likeness (QED) is 0.831. The summed E-state index contributed by atoms with van der Waals surface area (Å²) in [5.41, 5.74) is 2.28. The van der Waals surface area contributed by atoms with Gasteiger partial charge in [0.1, 0.15) is 5.69 Å². The number of amides is 1. The van der Waals surface area contributed by atoms with Gasteiger partial charge in [0, 0.05) is 43.3 Å². The molecule has 2 bridgehead atoms. The summed E-state index contributed by atoms with van der Waals surface area (Å²) in [5.74, 6) is 6.99. The second-order valence-corrected chi connectivity index (χ2v) is 7.24. The second-order valence-electron chi connectivity index (χ2n) is 7.24. The molecular formula is C21H23N5O. The van der Waals surface area contributed by atoms with Gasteiger partial charge >= 0.3 is 0 Å². The lowest BCUT2D eigenvalue weighted by Crippen LogP contribution is -2.52. The Morgan fingerprint density at radius 2 is 1.74 bits per heavy atom. The number of nitrogens with one attached hydrogen (secondary N) is 1. The summed E-state index contributed by atoms with van der Waals surface area (Å²) in [6, 6.07) is 12.6. The van der Waals surface area contributed by atoms with Crippen molar-refractivity contribution in [3.05, 3.63) is 47.7 Å². The third kappa shape index (κ3) is 3.93. The zero-order valence-electron chi connectivity index (χ0n) is 15.6. The number of anilines is 2. The van der Waals surface area contributed by atoms with Gasteiger partial charge in [-0.3, -0.25) is 9.69 Å². The number of rotatable bonds is 2. The fraction of sp³-hybridized carbons (Fsp3) is 0.381. The Bertz CT molecular complexity index is 868. The highest BCUT2D eigenvalue weighted by Crippen LogP contribution is 2.30. The minimum Gasteiger partial charge on any atom is -0.352 e. The minimum absolute atomic E-state index is 0.0856. The molecule has 1 aromatic heterocycles. The van der Waals surface area contributed by atoms with Crippen LogP contribution in [-0.2, 0) is 4.79 Å². The Labute approximate surface area is 159 Å². The summed E-state index contributed by atoms with van der Waals surface area (Å²) >= 11 is 0. The largest absolute Gasteiger partial charge is 0.352 e. The number of hydrogen-bond acceptors (Lipinski definition) is 5. The zero-order valence-corrected chi connectivity index (χ0v) is 15.6. The average molecular weight is 361 g/mol. The molecule has 6 heteroatoms. The summed E-state index contributed by atoms with van der Waals surface area (Å²) in [4.78, 5) is 15.9. The number of carbonyl (C=O) groups is 1. The third-order valence-corrected chi connectivity index (χ3v) is 5.36. The molecule has 138 valence electrons. The lowest BCUT2D eigenvalue weighted by atomic mass is 10.2. The molecule has 2 atom stereocenters. The molecule has 3 heterocycles. The van der Waals surface area contributed by atoms with E-state index in [4.69, 9.17) is 0 Å². The predicted octanol–water partition coefficient (Wildman–Crippen LogP) is 2.12. The zero-order chi connectivity index (χ0) is 18.8. The van der Waals surface area contributed by atoms with Gasteiger partial charge in [-0.25, -0.2) is 0 Å². The van der Waals surface area contributed by atoms with Crippen LogP contribution in [0.15, 0.2) is 36.4 Å². The average Bonchev–Trinajstić information content (AvgIpc) is 2.88. The van der Waals surface area contributed by atoms with Gasteiger partial charge in [0.2, 0.25) is 5.91 Å². The number of carbonyl (C=O) groups excluding carboxylic acids is 1. The molecule has 1 aromatic carbocycles. The van der Waals surface area contributed by atoms with E-state index in [0.29, 0.717) is 17.8 Å². The van der Waals surface area contributed by atoms with Crippen molar-refractivity contribution in [3.63, 3.8) is 0 Å². The topological polar surface area (TPSA) is 61.4 Å². The SMILES string of the molecule is CC(=O)Nc1ccc(C#Cc2ccc(N3CC4CCC(C3)N4C)nn2)cc1. The molecule has 0 saturated carbocycles. The van der Waals surface area contributed by atoms with Crippen molar-refractivity contribution < 1.29 is 4.79 Å². The van der Waals surface area contributed by atoms with Crippen LogP contribution in [0.5, 0.6) is 0 Å². The van der Waals surface area contributed by atoms with Gasteiger partial charge in [0.15, 0.2) is 5.82 Å². The highest BCUT2D eigenvalue weighted by Gasteiger charge is 2.37. The van der Waals surface area contributed by atoms with Gasteiger partial charge in [0.05, 0.1) is 0 Å². The van der Waals surface area contributed by atoms with Crippen molar-refractivity contribution in [1.29, 1.82) is 0 Å². The Morgan fingerprint density at radius 3 is 2.33 bits per heavy atom. The lowest BCUT2D eigenvalue weighted by molar-refractivity contribution is -0.114. The fourth-order valence-corrected chi connectivity index (χ4v) is 3.84. The number of likely N-dealkylation sites (N-methyl/N-ethyl adjacent to an activating group) is 1. The van der Waals surface area contributed by atoms with Crippen molar-refractivity contribution >= 4 is 17.4 Å². The van der Waals surface area contributed by atoms with Crippen LogP contribution in [0.1, 0.15) is 31.0 Å². The molecule has 2 saturated heterocycles. The van der Waals surface area contributed by atoms with E-state index >= 15 is 0 Å². The monoisotopic (exact) mass is 361 g/mol. The molecule has 0 radical (unpaired) electrons. The molecule has 27 heavy (non-hydrogen) atoms. The van der Waals surface area contributed by atoms with Crippen molar-refractivity contribution in [2.45, 2.75) is 31.8 Å². The van der Waals surface area contributed by atoms with Crippen LogP contribution in [0.2, 0.25) is 0 Å². The molecule has 1 N–H and O–H groups in total. The maximum absolute atomic E-state index is 11.0. The molecule has 2 unspecified atom stereocenters. The predicted molar refractivity (Wildman–Crippen MR) is 106 cm³/mol. The smallest absolute Gasteiger partial charge is 0.221 e. The first kappa shape index (κ1) is 17.5. The minimum atomic E-state index is -0.0856. The number of fused-ring (bicyclic) bond motifs is 2. The summed E-state index contributed by atoms with van der Waals surface area (Å²) in [6.07, 6.45) is 2.55. The third-order valence-electron chi connectivity index (χ3n) is 5.36. The summed E-state index contributed by atoms with van der Waals surface area (Å²) in [5, 5.41) is 11.4. The van der Waals surface area contributed by atoms with Crippen LogP contribution < -0.4 is 10.2 Å². The van der Waals surface area contributed by atoms with Gasteiger partial charge < -0.3 is 10.2 Å². The van der Waals surface area contributed by atoms with Gasteiger partial charge in [-0.05, 0) is 62.2 Å². The molecule has 0 aliphatic carbocycles. The maximum atomic E-state index is 11.0. The second kappa shape index (κ2) is 7.37. The number of nitrogens with zero attached hydrogens (tertiary/aromatic N) is 4. The molecule has 0 spiro atoms. The molecule has 2 aliphatic rings. The van der Waals surface area contributed by atoms with Gasteiger partial charge in [-0.15, -0.1) is 10.2 Å². The van der Waals surface area contributed by atoms with Crippen LogP contribution >= 0.6 is 0 Å². The maximum Gasteiger partial charge on any atom is 0.221 e. The lowest BCUT2D eigenvalue weighted by Gasteiger charge is -2.39. The van der Waals surface area contributed by atoms with Gasteiger partial charge in [-0.1, -0.05) is 5.92 Å². The first-order valence-electron chi connectivity index (χ1n) is 9.29. The molecule has 2 aliphatic heterocycles. The molecule has 4 rings (SSSR count). The molecule has 1 amide bonds. The Morgan fingerprint density at radius 1 is 1.04 bits per heavy atom. The molecule has 2 aromatic rings. The number of piperazine rings is 1. The Hall–Kier alpha value is -2.91. The van der Waals surface area contributed by atoms with Crippen LogP contribution in [0, 0.1) is 11.8 Å². The first-order chi connectivity index (χ1) is 13.1. The van der Waals surface area contributed by atoms with Gasteiger partial charge in [-0.2, -0.15) is 0 Å². The highest BCUT2D eigenvalue weighted by atomic mass is 16.1.